The Morgan fingerprint density at radius 1 is 0.981 bits per heavy atom. The SMILES string of the molecule is COc1cc(C(=O)CC2CCN(C)CC2)ccc1Cc1ncc2cc(C#CCCC(=O)c3c(C)n(C)n(Cc4ccc(F)c(F)c4)c3=O)ccc2n1. The minimum absolute atomic E-state index is 0.00400. The van der Waals surface area contributed by atoms with Crippen LogP contribution in [0.15, 0.2) is 65.6 Å². The van der Waals surface area contributed by atoms with Crippen molar-refractivity contribution in [2.75, 3.05) is 27.2 Å². The van der Waals surface area contributed by atoms with Crippen molar-refractivity contribution < 1.29 is 23.1 Å². The van der Waals surface area contributed by atoms with Gasteiger partial charge in [-0.2, -0.15) is 0 Å². The van der Waals surface area contributed by atoms with E-state index in [1.807, 2.05) is 36.4 Å². The highest BCUT2D eigenvalue weighted by Crippen LogP contribution is 2.27. The van der Waals surface area contributed by atoms with Crippen LogP contribution in [0.1, 0.15) is 81.0 Å². The second-order valence-corrected chi connectivity index (χ2v) is 13.5. The van der Waals surface area contributed by atoms with Gasteiger partial charge in [-0.1, -0.05) is 30.0 Å². The molecule has 1 aliphatic heterocycles. The summed E-state index contributed by atoms with van der Waals surface area (Å²) in [5, 5.41) is 0.815. The quantitative estimate of drug-likeness (QED) is 0.118. The third-order valence-electron chi connectivity index (χ3n) is 9.86. The maximum atomic E-state index is 13.7. The molecule has 5 aromatic rings. The number of methoxy groups -OCH3 is 1. The number of aromatic nitrogens is 4. The predicted octanol–water partition coefficient (Wildman–Crippen LogP) is 6.29. The standard InChI is InChI=1S/C41H41F2N5O4/c1-26-40(41(51)48(47(26)3)25-29-9-13-33(42)34(43)20-29)36(49)8-6-5-7-27-10-14-35-32(19-27)24-44-39(45-35)23-31-12-11-30(22-38(31)52-4)37(50)21-28-15-17-46(2)18-16-28/h9-14,19-20,22,24,28H,6,8,15-18,21,23,25H2,1-4H3. The number of carbonyl (C=O) groups is 2. The number of likely N-dealkylation sites (tertiary alicyclic amines) is 1. The summed E-state index contributed by atoms with van der Waals surface area (Å²) in [6.07, 6.45) is 5.12. The van der Waals surface area contributed by atoms with Gasteiger partial charge in [0.1, 0.15) is 17.1 Å². The Morgan fingerprint density at radius 2 is 1.77 bits per heavy atom. The van der Waals surface area contributed by atoms with E-state index in [0.29, 0.717) is 47.2 Å². The molecule has 0 bridgehead atoms. The number of halogens is 2. The van der Waals surface area contributed by atoms with Crippen LogP contribution in [0.5, 0.6) is 5.75 Å². The lowest BCUT2D eigenvalue weighted by Gasteiger charge is -2.28. The highest BCUT2D eigenvalue weighted by Gasteiger charge is 2.22. The molecule has 1 saturated heterocycles. The fourth-order valence-electron chi connectivity index (χ4n) is 6.65. The molecule has 6 rings (SSSR count). The van der Waals surface area contributed by atoms with E-state index in [1.54, 1.807) is 32.0 Å². The van der Waals surface area contributed by atoms with Crippen molar-refractivity contribution in [3.8, 4) is 17.6 Å². The van der Waals surface area contributed by atoms with Gasteiger partial charge in [0, 0.05) is 66.7 Å². The third kappa shape index (κ3) is 8.19. The summed E-state index contributed by atoms with van der Waals surface area (Å²) in [5.74, 6) is 5.63. The largest absolute Gasteiger partial charge is 0.496 e. The van der Waals surface area contributed by atoms with E-state index >= 15 is 0 Å². The van der Waals surface area contributed by atoms with Gasteiger partial charge in [0.2, 0.25) is 0 Å². The zero-order chi connectivity index (χ0) is 36.9. The molecular formula is C41H41F2N5O4. The Labute approximate surface area is 301 Å². The lowest BCUT2D eigenvalue weighted by Crippen LogP contribution is -2.31. The molecule has 1 fully saturated rings. The van der Waals surface area contributed by atoms with Gasteiger partial charge in [-0.15, -0.1) is 0 Å². The van der Waals surface area contributed by atoms with Crippen molar-refractivity contribution in [2.45, 2.75) is 52.0 Å². The molecule has 0 amide bonds. The van der Waals surface area contributed by atoms with Gasteiger partial charge in [-0.3, -0.25) is 19.1 Å². The smallest absolute Gasteiger partial charge is 0.278 e. The molecule has 3 heterocycles. The van der Waals surface area contributed by atoms with Gasteiger partial charge in [-0.05, 0) is 87.8 Å². The van der Waals surface area contributed by atoms with Crippen LogP contribution in [0.2, 0.25) is 0 Å². The molecule has 2 aromatic heterocycles. The molecule has 0 atom stereocenters. The number of ether oxygens (including phenoxy) is 1. The van der Waals surface area contributed by atoms with Crippen LogP contribution in [0.4, 0.5) is 8.78 Å². The van der Waals surface area contributed by atoms with Crippen LogP contribution >= 0.6 is 0 Å². The number of ketones is 2. The summed E-state index contributed by atoms with van der Waals surface area (Å²) in [6.45, 7) is 3.73. The summed E-state index contributed by atoms with van der Waals surface area (Å²) in [7, 11) is 5.37. The predicted molar refractivity (Wildman–Crippen MR) is 195 cm³/mol. The van der Waals surface area contributed by atoms with Gasteiger partial charge in [0.05, 0.1) is 19.2 Å². The zero-order valence-electron chi connectivity index (χ0n) is 29.8. The average Bonchev–Trinajstić information content (AvgIpc) is 3.35. The lowest BCUT2D eigenvalue weighted by atomic mass is 9.89. The number of rotatable bonds is 11. The van der Waals surface area contributed by atoms with E-state index in [2.05, 4.69) is 28.8 Å². The van der Waals surface area contributed by atoms with Crippen molar-refractivity contribution in [2.24, 2.45) is 13.0 Å². The van der Waals surface area contributed by atoms with Crippen molar-refractivity contribution in [3.05, 3.63) is 122 Å². The number of nitrogens with zero attached hydrogens (tertiary/aromatic N) is 5. The number of Topliss-reactive ketones (excluding diaryl/α,β-unsaturated/α-hetero) is 2. The van der Waals surface area contributed by atoms with Crippen LogP contribution in [-0.4, -0.2) is 63.0 Å². The van der Waals surface area contributed by atoms with E-state index in [0.717, 1.165) is 60.1 Å². The van der Waals surface area contributed by atoms with Crippen LogP contribution in [0.3, 0.4) is 0 Å². The van der Waals surface area contributed by atoms with E-state index in [9.17, 15) is 23.2 Å². The summed E-state index contributed by atoms with van der Waals surface area (Å²) >= 11 is 0. The molecule has 52 heavy (non-hydrogen) atoms. The van der Waals surface area contributed by atoms with Gasteiger partial charge >= 0.3 is 0 Å². The van der Waals surface area contributed by atoms with Crippen LogP contribution < -0.4 is 10.3 Å². The van der Waals surface area contributed by atoms with E-state index < -0.39 is 17.2 Å². The molecule has 0 saturated carbocycles. The van der Waals surface area contributed by atoms with Crippen molar-refractivity contribution >= 4 is 22.5 Å². The number of hydrogen-bond donors (Lipinski definition) is 0. The summed E-state index contributed by atoms with van der Waals surface area (Å²) in [5.41, 5.74) is 3.52. The Morgan fingerprint density at radius 3 is 2.52 bits per heavy atom. The highest BCUT2D eigenvalue weighted by atomic mass is 19.2. The third-order valence-corrected chi connectivity index (χ3v) is 9.86. The van der Waals surface area contributed by atoms with Crippen molar-refractivity contribution in [3.63, 3.8) is 0 Å². The molecule has 0 unspecified atom stereocenters. The maximum absolute atomic E-state index is 13.7. The number of carbonyl (C=O) groups excluding carboxylic acids is 2. The second kappa shape index (κ2) is 15.8. The number of piperidine rings is 1. The molecule has 0 N–H and O–H groups in total. The number of hydrogen-bond acceptors (Lipinski definition) is 7. The first kappa shape index (κ1) is 36.3. The minimum atomic E-state index is -0.999. The summed E-state index contributed by atoms with van der Waals surface area (Å²) in [4.78, 5) is 50.9. The Bertz CT molecular complexity index is 2270. The average molecular weight is 706 g/mol. The van der Waals surface area contributed by atoms with Crippen LogP contribution in [0, 0.1) is 36.3 Å². The summed E-state index contributed by atoms with van der Waals surface area (Å²) < 4.78 is 35.6. The molecule has 0 aliphatic carbocycles. The molecule has 268 valence electrons. The normalized spacial score (nSPS) is 13.6. The Balaban J connectivity index is 1.07. The van der Waals surface area contributed by atoms with Gasteiger partial charge in [-0.25, -0.2) is 23.4 Å². The molecular weight excluding hydrogens is 664 g/mol. The van der Waals surface area contributed by atoms with Crippen molar-refractivity contribution in [1.29, 1.82) is 0 Å². The van der Waals surface area contributed by atoms with Gasteiger partial charge in [0.15, 0.2) is 23.2 Å². The minimum Gasteiger partial charge on any atom is -0.496 e. The number of benzene rings is 3. The van der Waals surface area contributed by atoms with Crippen LogP contribution in [-0.2, 0) is 20.0 Å². The van der Waals surface area contributed by atoms with E-state index in [4.69, 9.17) is 9.72 Å². The maximum Gasteiger partial charge on any atom is 0.278 e. The molecule has 0 radical (unpaired) electrons. The highest BCUT2D eigenvalue weighted by molar-refractivity contribution is 5.97. The van der Waals surface area contributed by atoms with E-state index in [-0.39, 0.29) is 36.5 Å². The van der Waals surface area contributed by atoms with Gasteiger partial charge < -0.3 is 9.64 Å². The first-order valence-electron chi connectivity index (χ1n) is 17.4. The lowest BCUT2D eigenvalue weighted by molar-refractivity contribution is 0.0934. The second-order valence-electron chi connectivity index (χ2n) is 13.5. The first-order chi connectivity index (χ1) is 25.0. The summed E-state index contributed by atoms with van der Waals surface area (Å²) in [6, 6.07) is 14.7. The molecule has 1 aliphatic rings. The monoisotopic (exact) mass is 705 g/mol. The van der Waals surface area contributed by atoms with Gasteiger partial charge in [0.25, 0.3) is 5.56 Å². The molecule has 3 aromatic carbocycles. The molecule has 0 spiro atoms. The fourth-order valence-corrected chi connectivity index (χ4v) is 6.65. The first-order valence-corrected chi connectivity index (χ1v) is 17.4. The Kier molecular flexibility index (Phi) is 11.1. The molecule has 11 heteroatoms. The number of fused-ring (bicyclic) bond motifs is 1. The van der Waals surface area contributed by atoms with Crippen molar-refractivity contribution in [1.82, 2.24) is 24.2 Å². The zero-order valence-corrected chi connectivity index (χ0v) is 29.8. The molecule has 9 nitrogen and oxygen atoms in total. The Hall–Kier alpha value is -5.47. The van der Waals surface area contributed by atoms with Crippen LogP contribution in [0.25, 0.3) is 10.9 Å². The topological polar surface area (TPSA) is 99.3 Å². The van der Waals surface area contributed by atoms with E-state index in [1.165, 1.54) is 10.7 Å². The fraction of sp³-hybridized carbons (Fsp3) is 0.341.